The van der Waals surface area contributed by atoms with Gasteiger partial charge in [-0.1, -0.05) is 0 Å². The van der Waals surface area contributed by atoms with Gasteiger partial charge in [-0.2, -0.15) is 4.31 Å². The van der Waals surface area contributed by atoms with Gasteiger partial charge >= 0.3 is 11.9 Å². The van der Waals surface area contributed by atoms with Crippen LogP contribution in [0.3, 0.4) is 0 Å². The van der Waals surface area contributed by atoms with Crippen LogP contribution in [0.2, 0.25) is 0 Å². The zero-order chi connectivity index (χ0) is 15.3. The zero-order valence-corrected chi connectivity index (χ0v) is 12.3. The average Bonchev–Trinajstić information content (AvgIpc) is 2.83. The van der Waals surface area contributed by atoms with Crippen LogP contribution in [0.15, 0.2) is 0 Å². The van der Waals surface area contributed by atoms with E-state index in [2.05, 4.69) is 4.74 Å². The minimum Gasteiger partial charge on any atom is -0.480 e. The largest absolute Gasteiger partial charge is 0.480 e. The van der Waals surface area contributed by atoms with Crippen LogP contribution in [-0.2, 0) is 29.1 Å². The maximum atomic E-state index is 12.1. The fraction of sp³-hybridized carbons (Fsp3) is 0.818. The predicted molar refractivity (Wildman–Crippen MR) is 68.6 cm³/mol. The minimum absolute atomic E-state index is 0.0188. The Labute approximate surface area is 117 Å². The lowest BCUT2D eigenvalue weighted by Crippen LogP contribution is -2.41. The molecule has 0 aliphatic carbocycles. The molecule has 8 nitrogen and oxygen atoms in total. The molecule has 0 aromatic carbocycles. The molecule has 1 aliphatic rings. The van der Waals surface area contributed by atoms with Crippen molar-refractivity contribution in [1.29, 1.82) is 0 Å². The lowest BCUT2D eigenvalue weighted by atomic mass is 10.2. The molecular weight excluding hydrogens is 290 g/mol. The topological polar surface area (TPSA) is 110 Å². The van der Waals surface area contributed by atoms with Crippen LogP contribution < -0.4 is 0 Å². The third-order valence-corrected chi connectivity index (χ3v) is 5.13. The second kappa shape index (κ2) is 7.00. The van der Waals surface area contributed by atoms with Gasteiger partial charge in [0.1, 0.15) is 6.04 Å². The summed E-state index contributed by atoms with van der Waals surface area (Å²) < 4.78 is 34.7. The average molecular weight is 309 g/mol. The number of carboxylic acid groups (broad SMARTS) is 1. The van der Waals surface area contributed by atoms with Gasteiger partial charge in [-0.05, 0) is 6.42 Å². The Kier molecular flexibility index (Phi) is 5.90. The Hall–Kier alpha value is -1.19. The molecule has 116 valence electrons. The summed E-state index contributed by atoms with van der Waals surface area (Å²) in [5, 5.41) is 9.08. The van der Waals surface area contributed by atoms with Crippen LogP contribution in [0.1, 0.15) is 19.3 Å². The summed E-state index contributed by atoms with van der Waals surface area (Å²) in [5.74, 6) is -1.98. The number of rotatable bonds is 7. The number of esters is 1. The van der Waals surface area contributed by atoms with Crippen molar-refractivity contribution in [2.75, 3.05) is 26.5 Å². The second-order valence-corrected chi connectivity index (χ2v) is 6.55. The van der Waals surface area contributed by atoms with E-state index in [9.17, 15) is 18.0 Å². The number of nitrogens with zero attached hydrogens (tertiary/aromatic N) is 1. The summed E-state index contributed by atoms with van der Waals surface area (Å²) in [6.07, 6.45) is -0.224. The molecule has 1 aliphatic heterocycles. The van der Waals surface area contributed by atoms with Crippen LogP contribution in [0.4, 0.5) is 0 Å². The maximum absolute atomic E-state index is 12.1. The molecule has 9 heteroatoms. The van der Waals surface area contributed by atoms with Gasteiger partial charge in [-0.25, -0.2) is 8.42 Å². The number of hydrogen-bond donors (Lipinski definition) is 1. The van der Waals surface area contributed by atoms with E-state index in [1.165, 1.54) is 14.2 Å². The van der Waals surface area contributed by atoms with Crippen molar-refractivity contribution in [2.24, 2.45) is 0 Å². The number of sulfonamides is 1. The molecule has 1 heterocycles. The molecule has 0 aromatic rings. The molecule has 2 unspecified atom stereocenters. The standard InChI is InChI=1S/C11H19NO7S/c1-18-8-6-9(11(14)15)12(7-8)20(16,17)5-3-4-10(13)19-2/h8-9H,3-7H2,1-2H3,(H,14,15). The monoisotopic (exact) mass is 309 g/mol. The normalized spacial score (nSPS) is 23.7. The number of carbonyl (C=O) groups excluding carboxylic acids is 1. The number of ether oxygens (including phenoxy) is 2. The van der Waals surface area contributed by atoms with Crippen LogP contribution in [0.5, 0.6) is 0 Å². The summed E-state index contributed by atoms with van der Waals surface area (Å²) in [6, 6.07) is -1.11. The number of hydrogen-bond acceptors (Lipinski definition) is 6. The smallest absolute Gasteiger partial charge is 0.322 e. The van der Waals surface area contributed by atoms with Crippen LogP contribution in [-0.4, -0.2) is 68.4 Å². The molecule has 1 saturated heterocycles. The quantitative estimate of drug-likeness (QED) is 0.628. The van der Waals surface area contributed by atoms with Crippen molar-refractivity contribution in [1.82, 2.24) is 4.31 Å². The molecule has 1 rings (SSSR count). The first-order valence-corrected chi connectivity index (χ1v) is 7.74. The molecule has 20 heavy (non-hydrogen) atoms. The highest BCUT2D eigenvalue weighted by atomic mass is 32.2. The van der Waals surface area contributed by atoms with Gasteiger partial charge in [-0.15, -0.1) is 0 Å². The predicted octanol–water partition coefficient (Wildman–Crippen LogP) is -0.557. The molecule has 0 radical (unpaired) electrons. The Morgan fingerprint density at radius 3 is 2.50 bits per heavy atom. The van der Waals surface area contributed by atoms with Crippen molar-refractivity contribution < 1.29 is 32.6 Å². The maximum Gasteiger partial charge on any atom is 0.322 e. The Bertz CT molecular complexity index is 461. The number of aliphatic carboxylic acids is 1. The van der Waals surface area contributed by atoms with Gasteiger partial charge in [0, 0.05) is 26.5 Å². The number of carbonyl (C=O) groups is 2. The SMILES string of the molecule is COC(=O)CCCS(=O)(=O)N1CC(OC)CC1C(=O)O. The molecule has 0 aromatic heterocycles. The van der Waals surface area contributed by atoms with Gasteiger partial charge in [0.25, 0.3) is 0 Å². The van der Waals surface area contributed by atoms with Crippen molar-refractivity contribution in [3.05, 3.63) is 0 Å². The van der Waals surface area contributed by atoms with Crippen LogP contribution in [0, 0.1) is 0 Å². The third kappa shape index (κ3) is 4.15. The van der Waals surface area contributed by atoms with E-state index in [4.69, 9.17) is 9.84 Å². The third-order valence-electron chi connectivity index (χ3n) is 3.20. The summed E-state index contributed by atoms with van der Waals surface area (Å²) in [5.41, 5.74) is 0. The number of methoxy groups -OCH3 is 2. The molecule has 2 atom stereocenters. The van der Waals surface area contributed by atoms with Crippen molar-refractivity contribution in [3.63, 3.8) is 0 Å². The lowest BCUT2D eigenvalue weighted by molar-refractivity contribution is -0.141. The summed E-state index contributed by atoms with van der Waals surface area (Å²) in [4.78, 5) is 22.1. The van der Waals surface area contributed by atoms with E-state index in [1.807, 2.05) is 0 Å². The van der Waals surface area contributed by atoms with Crippen molar-refractivity contribution in [3.8, 4) is 0 Å². The molecule has 0 saturated carbocycles. The van der Waals surface area contributed by atoms with Gasteiger partial charge < -0.3 is 14.6 Å². The van der Waals surface area contributed by atoms with E-state index < -0.39 is 34.1 Å². The van der Waals surface area contributed by atoms with Crippen molar-refractivity contribution in [2.45, 2.75) is 31.4 Å². The first-order valence-electron chi connectivity index (χ1n) is 6.13. The molecular formula is C11H19NO7S. The first-order chi connectivity index (χ1) is 9.31. The van der Waals surface area contributed by atoms with E-state index in [1.54, 1.807) is 0 Å². The van der Waals surface area contributed by atoms with Gasteiger partial charge in [0.15, 0.2) is 0 Å². The first kappa shape index (κ1) is 16.9. The highest BCUT2D eigenvalue weighted by molar-refractivity contribution is 7.89. The molecule has 0 spiro atoms. The highest BCUT2D eigenvalue weighted by Gasteiger charge is 2.43. The second-order valence-electron chi connectivity index (χ2n) is 4.51. The number of carboxylic acids is 1. The van der Waals surface area contributed by atoms with Gasteiger partial charge in [-0.3, -0.25) is 9.59 Å². The molecule has 1 fully saturated rings. The Morgan fingerprint density at radius 1 is 1.35 bits per heavy atom. The Balaban J connectivity index is 2.69. The molecule has 1 N–H and O–H groups in total. The van der Waals surface area contributed by atoms with Gasteiger partial charge in [0.05, 0.1) is 19.0 Å². The van der Waals surface area contributed by atoms with E-state index in [0.29, 0.717) is 0 Å². The van der Waals surface area contributed by atoms with Crippen LogP contribution in [0.25, 0.3) is 0 Å². The van der Waals surface area contributed by atoms with Gasteiger partial charge in [0.2, 0.25) is 10.0 Å². The lowest BCUT2D eigenvalue weighted by Gasteiger charge is -2.20. The molecule has 0 bridgehead atoms. The summed E-state index contributed by atoms with van der Waals surface area (Å²) in [7, 11) is -1.10. The van der Waals surface area contributed by atoms with Crippen molar-refractivity contribution >= 4 is 22.0 Å². The summed E-state index contributed by atoms with van der Waals surface area (Å²) in [6.45, 7) is 0.0218. The highest BCUT2D eigenvalue weighted by Crippen LogP contribution is 2.24. The van der Waals surface area contributed by atoms with E-state index >= 15 is 0 Å². The minimum atomic E-state index is -3.74. The van der Waals surface area contributed by atoms with E-state index in [-0.39, 0.29) is 31.6 Å². The fourth-order valence-corrected chi connectivity index (χ4v) is 3.79. The molecule has 0 amide bonds. The zero-order valence-electron chi connectivity index (χ0n) is 11.4. The summed E-state index contributed by atoms with van der Waals surface area (Å²) >= 11 is 0. The van der Waals surface area contributed by atoms with E-state index in [0.717, 1.165) is 4.31 Å². The fourth-order valence-electron chi connectivity index (χ4n) is 2.09. The van der Waals surface area contributed by atoms with Crippen LogP contribution >= 0.6 is 0 Å². The Morgan fingerprint density at radius 2 is 2.00 bits per heavy atom.